The maximum Gasteiger partial charge on any atom is 0.228 e. The molecule has 1 atom stereocenters. The van der Waals surface area contributed by atoms with E-state index in [1.165, 1.54) is 0 Å². The zero-order valence-electron chi connectivity index (χ0n) is 9.07. The Morgan fingerprint density at radius 2 is 1.93 bits per heavy atom. The Kier molecular flexibility index (Phi) is 4.35. The number of rotatable bonds is 3. The zero-order chi connectivity index (χ0) is 10.6. The molecule has 0 aromatic carbocycles. The number of piperazine rings is 1. The summed E-state index contributed by atoms with van der Waals surface area (Å²) >= 11 is 0. The van der Waals surface area contributed by atoms with Crippen LogP contribution in [0.2, 0.25) is 0 Å². The van der Waals surface area contributed by atoms with Crippen LogP contribution >= 0.6 is 0 Å². The molecule has 1 N–H and O–H groups in total. The maximum atomic E-state index is 11.8. The number of aliphatic hydroxyl groups is 1. The Hall–Kier alpha value is -0.610. The first-order valence-corrected chi connectivity index (χ1v) is 5.27. The predicted molar refractivity (Wildman–Crippen MR) is 54.9 cm³/mol. The van der Waals surface area contributed by atoms with Gasteiger partial charge in [-0.3, -0.25) is 4.79 Å². The van der Waals surface area contributed by atoms with E-state index in [9.17, 15) is 4.79 Å². The molecule has 0 spiro atoms. The van der Waals surface area contributed by atoms with E-state index >= 15 is 0 Å². The van der Waals surface area contributed by atoms with Gasteiger partial charge in [-0.15, -0.1) is 0 Å². The van der Waals surface area contributed by atoms with Gasteiger partial charge in [0.2, 0.25) is 5.91 Å². The normalized spacial score (nSPS) is 20.9. The molecule has 14 heavy (non-hydrogen) atoms. The molecule has 0 aromatic heterocycles. The molecule has 0 saturated carbocycles. The number of aliphatic hydroxyl groups excluding tert-OH is 1. The van der Waals surface area contributed by atoms with Crippen LogP contribution in [-0.2, 0) is 4.79 Å². The topological polar surface area (TPSA) is 43.8 Å². The van der Waals surface area contributed by atoms with Gasteiger partial charge in [0.1, 0.15) is 0 Å². The minimum Gasteiger partial charge on any atom is -0.396 e. The molecular weight excluding hydrogens is 180 g/mol. The lowest BCUT2D eigenvalue weighted by molar-refractivity contribution is -0.138. The molecule has 0 aromatic rings. The van der Waals surface area contributed by atoms with Crippen LogP contribution in [0.3, 0.4) is 0 Å². The number of carbonyl (C=O) groups excluding carboxylic acids is 1. The summed E-state index contributed by atoms with van der Waals surface area (Å²) < 4.78 is 0. The Morgan fingerprint density at radius 1 is 1.36 bits per heavy atom. The van der Waals surface area contributed by atoms with Gasteiger partial charge in [0.15, 0.2) is 0 Å². The minimum absolute atomic E-state index is 0.0261. The van der Waals surface area contributed by atoms with Crippen LogP contribution in [0.4, 0.5) is 0 Å². The van der Waals surface area contributed by atoms with Gasteiger partial charge in [0.05, 0.1) is 12.5 Å². The van der Waals surface area contributed by atoms with Crippen molar-refractivity contribution in [1.29, 1.82) is 0 Å². The quantitative estimate of drug-likeness (QED) is 0.685. The minimum atomic E-state index is -0.196. The van der Waals surface area contributed by atoms with E-state index in [1.807, 2.05) is 11.8 Å². The third kappa shape index (κ3) is 2.69. The molecule has 0 bridgehead atoms. The molecule has 0 radical (unpaired) electrons. The molecule has 1 heterocycles. The van der Waals surface area contributed by atoms with Crippen LogP contribution in [0.1, 0.15) is 13.3 Å². The van der Waals surface area contributed by atoms with E-state index in [0.29, 0.717) is 0 Å². The van der Waals surface area contributed by atoms with E-state index in [1.54, 1.807) is 0 Å². The fourth-order valence-corrected chi connectivity index (χ4v) is 1.67. The summed E-state index contributed by atoms with van der Waals surface area (Å²) in [4.78, 5) is 15.9. The second-order valence-electron chi connectivity index (χ2n) is 3.92. The van der Waals surface area contributed by atoms with Crippen LogP contribution in [0.5, 0.6) is 0 Å². The summed E-state index contributed by atoms with van der Waals surface area (Å²) in [5.41, 5.74) is 0. The van der Waals surface area contributed by atoms with Crippen LogP contribution in [0.25, 0.3) is 0 Å². The average Bonchev–Trinajstić information content (AvgIpc) is 2.20. The lowest BCUT2D eigenvalue weighted by Gasteiger charge is -2.34. The van der Waals surface area contributed by atoms with E-state index in [-0.39, 0.29) is 18.4 Å². The van der Waals surface area contributed by atoms with Crippen molar-refractivity contribution in [3.8, 4) is 0 Å². The smallest absolute Gasteiger partial charge is 0.228 e. The number of likely N-dealkylation sites (N-methyl/N-ethyl adjacent to an activating group) is 1. The molecule has 1 aliphatic rings. The largest absolute Gasteiger partial charge is 0.396 e. The van der Waals surface area contributed by atoms with E-state index < -0.39 is 0 Å². The molecule has 4 nitrogen and oxygen atoms in total. The van der Waals surface area contributed by atoms with E-state index in [2.05, 4.69) is 11.9 Å². The molecule has 1 amide bonds. The first kappa shape index (κ1) is 11.5. The molecule has 1 fully saturated rings. The molecule has 82 valence electrons. The van der Waals surface area contributed by atoms with Crippen LogP contribution in [-0.4, -0.2) is 60.6 Å². The third-order valence-electron chi connectivity index (χ3n) is 2.88. The number of nitrogens with zero attached hydrogens (tertiary/aromatic N) is 2. The summed E-state index contributed by atoms with van der Waals surface area (Å²) in [6.45, 7) is 5.38. The van der Waals surface area contributed by atoms with Crippen molar-refractivity contribution >= 4 is 5.91 Å². The zero-order valence-corrected chi connectivity index (χ0v) is 9.07. The van der Waals surface area contributed by atoms with Crippen LogP contribution in [0.15, 0.2) is 0 Å². The van der Waals surface area contributed by atoms with Crippen molar-refractivity contribution < 1.29 is 9.90 Å². The Labute approximate surface area is 85.5 Å². The van der Waals surface area contributed by atoms with Crippen molar-refractivity contribution in [3.63, 3.8) is 0 Å². The van der Waals surface area contributed by atoms with Gasteiger partial charge in [-0.25, -0.2) is 0 Å². The van der Waals surface area contributed by atoms with Crippen LogP contribution < -0.4 is 0 Å². The predicted octanol–water partition coefficient (Wildman–Crippen LogP) is -0.221. The van der Waals surface area contributed by atoms with Gasteiger partial charge in [-0.05, 0) is 13.5 Å². The second-order valence-corrected chi connectivity index (χ2v) is 3.92. The third-order valence-corrected chi connectivity index (χ3v) is 2.88. The molecule has 1 saturated heterocycles. The molecule has 1 unspecified atom stereocenters. The van der Waals surface area contributed by atoms with Crippen molar-refractivity contribution in [2.75, 3.05) is 39.8 Å². The highest BCUT2D eigenvalue weighted by molar-refractivity contribution is 5.79. The van der Waals surface area contributed by atoms with E-state index in [0.717, 1.165) is 32.6 Å². The standard InChI is InChI=1S/C10H20N2O2/c1-3-9(8-13)10(14)12-6-4-11(2)5-7-12/h9,13H,3-8H2,1-2H3. The van der Waals surface area contributed by atoms with Gasteiger partial charge in [-0.2, -0.15) is 0 Å². The van der Waals surface area contributed by atoms with Gasteiger partial charge in [0, 0.05) is 26.2 Å². The van der Waals surface area contributed by atoms with Gasteiger partial charge < -0.3 is 14.9 Å². The van der Waals surface area contributed by atoms with E-state index in [4.69, 9.17) is 5.11 Å². The average molecular weight is 200 g/mol. The monoisotopic (exact) mass is 200 g/mol. The molecule has 1 aliphatic heterocycles. The Balaban J connectivity index is 2.44. The molecular formula is C10H20N2O2. The second kappa shape index (κ2) is 5.32. The van der Waals surface area contributed by atoms with Crippen molar-refractivity contribution in [2.45, 2.75) is 13.3 Å². The van der Waals surface area contributed by atoms with Crippen molar-refractivity contribution in [2.24, 2.45) is 5.92 Å². The van der Waals surface area contributed by atoms with Crippen molar-refractivity contribution in [3.05, 3.63) is 0 Å². The fraction of sp³-hybridized carbons (Fsp3) is 0.900. The summed E-state index contributed by atoms with van der Waals surface area (Å²) in [6.07, 6.45) is 0.724. The lowest BCUT2D eigenvalue weighted by Crippen LogP contribution is -2.49. The van der Waals surface area contributed by atoms with Gasteiger partial charge in [-0.1, -0.05) is 6.92 Å². The molecule has 1 rings (SSSR count). The highest BCUT2D eigenvalue weighted by atomic mass is 16.3. The highest BCUT2D eigenvalue weighted by Gasteiger charge is 2.24. The maximum absolute atomic E-state index is 11.8. The molecule has 0 aliphatic carbocycles. The fourth-order valence-electron chi connectivity index (χ4n) is 1.67. The highest BCUT2D eigenvalue weighted by Crippen LogP contribution is 2.09. The number of carbonyl (C=O) groups is 1. The SMILES string of the molecule is CCC(CO)C(=O)N1CCN(C)CC1. The summed E-state index contributed by atoms with van der Waals surface area (Å²) in [5.74, 6) is -0.0819. The molecule has 4 heteroatoms. The lowest BCUT2D eigenvalue weighted by atomic mass is 10.1. The summed E-state index contributed by atoms with van der Waals surface area (Å²) in [6, 6.07) is 0. The van der Waals surface area contributed by atoms with Crippen LogP contribution in [0, 0.1) is 5.92 Å². The van der Waals surface area contributed by atoms with Gasteiger partial charge in [0.25, 0.3) is 0 Å². The Morgan fingerprint density at radius 3 is 2.36 bits per heavy atom. The number of hydrogen-bond donors (Lipinski definition) is 1. The summed E-state index contributed by atoms with van der Waals surface area (Å²) in [7, 11) is 2.06. The first-order valence-electron chi connectivity index (χ1n) is 5.27. The summed E-state index contributed by atoms with van der Waals surface area (Å²) in [5, 5.41) is 9.02. The van der Waals surface area contributed by atoms with Gasteiger partial charge >= 0.3 is 0 Å². The number of hydrogen-bond acceptors (Lipinski definition) is 3. The Bertz CT molecular complexity index is 185. The number of amides is 1. The first-order chi connectivity index (χ1) is 6.69. The van der Waals surface area contributed by atoms with Crippen molar-refractivity contribution in [1.82, 2.24) is 9.80 Å².